The number of aromatic nitrogens is 2. The highest BCUT2D eigenvalue weighted by atomic mass is 28.4. The van der Waals surface area contributed by atoms with E-state index in [1.165, 1.54) is 5.56 Å². The molecule has 1 aliphatic heterocycles. The Morgan fingerprint density at radius 2 is 1.32 bits per heavy atom. The number of aryl methyl sites for hydroxylation is 1. The van der Waals surface area contributed by atoms with Crippen LogP contribution in [-0.2, 0) is 28.4 Å². The van der Waals surface area contributed by atoms with Crippen molar-refractivity contribution in [2.45, 2.75) is 118 Å². The zero-order chi connectivity index (χ0) is 43.3. The zero-order valence-electron chi connectivity index (χ0n) is 37.9. The Bertz CT molecular complexity index is 2120. The highest BCUT2D eigenvalue weighted by Gasteiger charge is 2.38. The lowest BCUT2D eigenvalue weighted by Gasteiger charge is -2.37. The standard InChI is InChI=1S/C47H68N6O4Si2/c1-32-28-43(50-41-22-24-53(31-38(32)41)25-27-57-59(12,13)47(7,8)9)45(55)52-40-19-15-17-37(34(40)3)36-16-14-18-39(33(36)2)51-44(54)42-21-20-35(30-49-42)29-48-23-26-56-58(10,11)46(4,5)6/h14-21,28,30,48H,22-27,29,31H2,1-13H3,(H,51,54)(H,52,55). The van der Waals surface area contributed by atoms with Crippen LogP contribution < -0.4 is 16.0 Å². The maximum Gasteiger partial charge on any atom is 0.274 e. The van der Waals surface area contributed by atoms with E-state index in [-0.39, 0.29) is 21.9 Å². The molecule has 4 aromatic rings. The number of hydrogen-bond donors (Lipinski definition) is 3. The van der Waals surface area contributed by atoms with Crippen LogP contribution in [0.1, 0.15) is 96.0 Å². The second-order valence-corrected chi connectivity index (χ2v) is 28.7. The fraction of sp³-hybridized carbons (Fsp3) is 0.489. The van der Waals surface area contributed by atoms with Crippen LogP contribution in [0.2, 0.25) is 36.3 Å². The van der Waals surface area contributed by atoms with Crippen LogP contribution in [-0.4, -0.2) is 76.2 Å². The molecule has 0 radical (unpaired) electrons. The number of fused-ring (bicyclic) bond motifs is 1. The Balaban J connectivity index is 1.19. The van der Waals surface area contributed by atoms with Gasteiger partial charge in [0.1, 0.15) is 11.4 Å². The number of nitrogens with zero attached hydrogens (tertiary/aromatic N) is 3. The van der Waals surface area contributed by atoms with Crippen molar-refractivity contribution in [2.24, 2.45) is 0 Å². The summed E-state index contributed by atoms with van der Waals surface area (Å²) in [7, 11) is -3.56. The molecule has 10 nitrogen and oxygen atoms in total. The first kappa shape index (κ1) is 46.0. The molecule has 12 heteroatoms. The predicted octanol–water partition coefficient (Wildman–Crippen LogP) is 10.1. The number of pyridine rings is 2. The Labute approximate surface area is 355 Å². The molecule has 0 bridgehead atoms. The summed E-state index contributed by atoms with van der Waals surface area (Å²) < 4.78 is 12.7. The SMILES string of the molecule is Cc1cc(C(=O)Nc2cccc(-c3cccc(NC(=O)c4ccc(CNCCO[Si](C)(C)C(C)(C)C)cn4)c3C)c2C)nc2c1CN(CCO[Si](C)(C)C(C)(C)C)CC2. The smallest absolute Gasteiger partial charge is 0.274 e. The van der Waals surface area contributed by atoms with Gasteiger partial charge in [-0.25, -0.2) is 4.98 Å². The largest absolute Gasteiger partial charge is 0.416 e. The summed E-state index contributed by atoms with van der Waals surface area (Å²) in [6.45, 7) is 34.1. The van der Waals surface area contributed by atoms with E-state index >= 15 is 0 Å². The van der Waals surface area contributed by atoms with Gasteiger partial charge in [-0.15, -0.1) is 0 Å². The molecule has 1 aliphatic rings. The number of carbonyl (C=O) groups is 2. The quantitative estimate of drug-likeness (QED) is 0.0801. The van der Waals surface area contributed by atoms with Crippen LogP contribution in [0.4, 0.5) is 11.4 Å². The van der Waals surface area contributed by atoms with Gasteiger partial charge >= 0.3 is 0 Å². The lowest BCUT2D eigenvalue weighted by atomic mass is 9.94. The van der Waals surface area contributed by atoms with Gasteiger partial charge in [-0.3, -0.25) is 19.5 Å². The van der Waals surface area contributed by atoms with Crippen molar-refractivity contribution in [3.05, 3.63) is 106 Å². The van der Waals surface area contributed by atoms with Crippen LogP contribution in [0.25, 0.3) is 11.1 Å². The molecule has 0 unspecified atom stereocenters. The maximum absolute atomic E-state index is 13.7. The van der Waals surface area contributed by atoms with Gasteiger partial charge in [0.05, 0.1) is 0 Å². The molecule has 0 aliphatic carbocycles. The van der Waals surface area contributed by atoms with Gasteiger partial charge in [-0.05, 0) is 120 Å². The van der Waals surface area contributed by atoms with Crippen molar-refractivity contribution >= 4 is 39.8 Å². The zero-order valence-corrected chi connectivity index (χ0v) is 39.9. The number of nitrogens with one attached hydrogen (secondary N) is 3. The lowest BCUT2D eigenvalue weighted by molar-refractivity contribution is 0.101. The van der Waals surface area contributed by atoms with E-state index in [1.807, 2.05) is 62.4 Å². The van der Waals surface area contributed by atoms with Gasteiger partial charge in [-0.2, -0.15) is 0 Å². The molecular weight excluding hydrogens is 769 g/mol. The highest BCUT2D eigenvalue weighted by Crippen LogP contribution is 2.38. The first-order valence-corrected chi connectivity index (χ1v) is 26.9. The van der Waals surface area contributed by atoms with Gasteiger partial charge in [0, 0.05) is 75.6 Å². The molecule has 0 spiro atoms. The fourth-order valence-electron chi connectivity index (χ4n) is 6.70. The average Bonchev–Trinajstić information content (AvgIpc) is 3.16. The fourth-order valence-corrected chi connectivity index (χ4v) is 8.78. The Morgan fingerprint density at radius 1 is 0.763 bits per heavy atom. The Morgan fingerprint density at radius 3 is 1.86 bits per heavy atom. The van der Waals surface area contributed by atoms with E-state index in [1.54, 1.807) is 12.3 Å². The van der Waals surface area contributed by atoms with Gasteiger partial charge in [0.2, 0.25) is 0 Å². The molecule has 59 heavy (non-hydrogen) atoms. The van der Waals surface area contributed by atoms with Crippen molar-refractivity contribution in [1.29, 1.82) is 0 Å². The monoisotopic (exact) mass is 836 g/mol. The summed E-state index contributed by atoms with van der Waals surface area (Å²) in [5.41, 5.74) is 10.2. The Hall–Kier alpha value is -4.05. The summed E-state index contributed by atoms with van der Waals surface area (Å²) in [5, 5.41) is 10.0. The number of carbonyl (C=O) groups excluding carboxylic acids is 2. The molecule has 2 aromatic carbocycles. The summed E-state index contributed by atoms with van der Waals surface area (Å²) in [4.78, 5) is 38.8. The lowest BCUT2D eigenvalue weighted by Crippen LogP contribution is -2.43. The Kier molecular flexibility index (Phi) is 14.6. The third-order valence-electron chi connectivity index (χ3n) is 12.8. The minimum atomic E-state index is -1.79. The maximum atomic E-state index is 13.7. The minimum absolute atomic E-state index is 0.184. The molecule has 3 N–H and O–H groups in total. The molecule has 2 amide bonds. The van der Waals surface area contributed by atoms with Crippen molar-refractivity contribution in [1.82, 2.24) is 20.2 Å². The van der Waals surface area contributed by atoms with Gasteiger partial charge in [0.25, 0.3) is 11.8 Å². The van der Waals surface area contributed by atoms with Crippen molar-refractivity contribution in [3.63, 3.8) is 0 Å². The highest BCUT2D eigenvalue weighted by molar-refractivity contribution is 6.74. The molecule has 0 fully saturated rings. The van der Waals surface area contributed by atoms with E-state index in [0.29, 0.717) is 35.9 Å². The summed E-state index contributed by atoms with van der Waals surface area (Å²) in [6.07, 6.45) is 2.54. The normalized spacial score (nSPS) is 13.9. The molecule has 2 aromatic heterocycles. The van der Waals surface area contributed by atoms with Crippen LogP contribution in [0, 0.1) is 20.8 Å². The van der Waals surface area contributed by atoms with E-state index in [2.05, 4.69) is 100 Å². The average molecular weight is 837 g/mol. The number of benzene rings is 2. The number of amides is 2. The van der Waals surface area contributed by atoms with Crippen LogP contribution in [0.5, 0.6) is 0 Å². The topological polar surface area (TPSA) is 118 Å². The van der Waals surface area contributed by atoms with E-state index < -0.39 is 16.6 Å². The summed E-state index contributed by atoms with van der Waals surface area (Å²) >= 11 is 0. The van der Waals surface area contributed by atoms with E-state index in [4.69, 9.17) is 13.8 Å². The first-order chi connectivity index (χ1) is 27.6. The molecule has 5 rings (SSSR count). The second-order valence-electron chi connectivity index (χ2n) is 19.1. The van der Waals surface area contributed by atoms with E-state index in [9.17, 15) is 9.59 Å². The van der Waals surface area contributed by atoms with Crippen molar-refractivity contribution < 1.29 is 18.4 Å². The van der Waals surface area contributed by atoms with Crippen molar-refractivity contribution in [2.75, 3.05) is 43.5 Å². The number of anilines is 2. The molecule has 0 saturated carbocycles. The van der Waals surface area contributed by atoms with Gasteiger partial charge in [0.15, 0.2) is 16.6 Å². The van der Waals surface area contributed by atoms with Crippen LogP contribution in [0.15, 0.2) is 60.8 Å². The first-order valence-electron chi connectivity index (χ1n) is 21.1. The van der Waals surface area contributed by atoms with Crippen molar-refractivity contribution in [3.8, 4) is 11.1 Å². The van der Waals surface area contributed by atoms with Gasteiger partial charge in [-0.1, -0.05) is 71.9 Å². The summed E-state index contributed by atoms with van der Waals surface area (Å²) in [5.74, 6) is -0.509. The third kappa shape index (κ3) is 11.4. The number of rotatable bonds is 15. The number of hydrogen-bond acceptors (Lipinski definition) is 8. The molecule has 0 saturated heterocycles. The summed E-state index contributed by atoms with van der Waals surface area (Å²) in [6, 6.07) is 17.4. The molecule has 3 heterocycles. The molecule has 318 valence electrons. The molecule has 0 atom stereocenters. The molecular formula is C47H68N6O4Si2. The minimum Gasteiger partial charge on any atom is -0.416 e. The van der Waals surface area contributed by atoms with Crippen LogP contribution in [0.3, 0.4) is 0 Å². The van der Waals surface area contributed by atoms with Gasteiger partial charge < -0.3 is 24.8 Å². The third-order valence-corrected chi connectivity index (χ3v) is 21.9. The van der Waals surface area contributed by atoms with Crippen LogP contribution >= 0.6 is 0 Å². The predicted molar refractivity (Wildman–Crippen MR) is 247 cm³/mol. The second kappa shape index (κ2) is 18.7. The van der Waals surface area contributed by atoms with E-state index in [0.717, 1.165) is 78.3 Å².